The molecule has 1 unspecified atom stereocenters. The number of aliphatic hydroxyl groups excluding tert-OH is 1. The first-order chi connectivity index (χ1) is 12.9. The second-order valence-corrected chi connectivity index (χ2v) is 7.61. The van der Waals surface area contributed by atoms with Crippen LogP contribution in [0.1, 0.15) is 11.1 Å². The van der Waals surface area contributed by atoms with Gasteiger partial charge in [0.2, 0.25) is 0 Å². The molecule has 1 saturated heterocycles. The molecule has 0 spiro atoms. The van der Waals surface area contributed by atoms with Gasteiger partial charge in [0, 0.05) is 5.02 Å². The van der Waals surface area contributed by atoms with Gasteiger partial charge in [-0.2, -0.15) is 0 Å². The van der Waals surface area contributed by atoms with E-state index < -0.39 is 6.10 Å². The maximum Gasteiger partial charge on any atom is 0.146 e. The topological polar surface area (TPSA) is 37.1 Å². The summed E-state index contributed by atoms with van der Waals surface area (Å²) in [6.45, 7) is 8.04. The minimum Gasteiger partial charge on any atom is -0.491 e. The maximum atomic E-state index is 13.9. The molecule has 1 aliphatic rings. The predicted octanol–water partition coefficient (Wildman–Crippen LogP) is 2.24. The first kappa shape index (κ1) is 19.9. The van der Waals surface area contributed by atoms with E-state index in [4.69, 9.17) is 16.3 Å². The predicted molar refractivity (Wildman–Crippen MR) is 107 cm³/mol. The number of ether oxygens (including phenoxy) is 1. The number of piperazine rings is 1. The Labute approximate surface area is 165 Å². The van der Waals surface area contributed by atoms with Gasteiger partial charge in [0.1, 0.15) is 30.8 Å². The van der Waals surface area contributed by atoms with Crippen LogP contribution in [0, 0.1) is 19.7 Å². The second-order valence-electron chi connectivity index (χ2n) is 7.23. The fourth-order valence-electron chi connectivity index (χ4n) is 3.55. The van der Waals surface area contributed by atoms with Crippen molar-refractivity contribution < 1.29 is 19.1 Å². The van der Waals surface area contributed by atoms with E-state index in [0.29, 0.717) is 12.2 Å². The van der Waals surface area contributed by atoms with Crippen molar-refractivity contribution in [2.24, 2.45) is 0 Å². The summed E-state index contributed by atoms with van der Waals surface area (Å²) in [5, 5.41) is 11.1. The minimum atomic E-state index is -0.545. The highest BCUT2D eigenvalue weighted by atomic mass is 35.5. The van der Waals surface area contributed by atoms with Crippen molar-refractivity contribution in [1.82, 2.24) is 0 Å². The smallest absolute Gasteiger partial charge is 0.146 e. The van der Waals surface area contributed by atoms with Crippen molar-refractivity contribution in [2.75, 3.05) is 44.2 Å². The van der Waals surface area contributed by atoms with Crippen LogP contribution in [0.4, 0.5) is 10.1 Å². The Balaban J connectivity index is 1.46. The van der Waals surface area contributed by atoms with Gasteiger partial charge in [0.25, 0.3) is 0 Å². The van der Waals surface area contributed by atoms with Gasteiger partial charge >= 0.3 is 0 Å². The number of hydrogen-bond donors (Lipinski definition) is 2. The lowest BCUT2D eigenvalue weighted by Gasteiger charge is -2.34. The van der Waals surface area contributed by atoms with Crippen LogP contribution in [0.5, 0.6) is 5.75 Å². The van der Waals surface area contributed by atoms with E-state index in [1.807, 2.05) is 38.1 Å². The van der Waals surface area contributed by atoms with E-state index in [1.54, 1.807) is 6.07 Å². The maximum absolute atomic E-state index is 13.9. The van der Waals surface area contributed by atoms with Gasteiger partial charge in [0.05, 0.1) is 31.9 Å². The molecule has 1 aliphatic heterocycles. The average Bonchev–Trinajstić information content (AvgIpc) is 2.65. The van der Waals surface area contributed by atoms with E-state index in [1.165, 1.54) is 11.0 Å². The molecule has 4 nitrogen and oxygen atoms in total. The molecule has 0 aromatic heterocycles. The summed E-state index contributed by atoms with van der Waals surface area (Å²) in [5.74, 6) is 0.552. The van der Waals surface area contributed by atoms with E-state index >= 15 is 0 Å². The van der Waals surface area contributed by atoms with Crippen molar-refractivity contribution in [2.45, 2.75) is 20.0 Å². The van der Waals surface area contributed by atoms with Crippen molar-refractivity contribution in [1.29, 1.82) is 0 Å². The molecule has 2 N–H and O–H groups in total. The van der Waals surface area contributed by atoms with Crippen LogP contribution in [0.2, 0.25) is 5.02 Å². The molecule has 3 rings (SSSR count). The van der Waals surface area contributed by atoms with Gasteiger partial charge in [-0.1, -0.05) is 23.7 Å². The Morgan fingerprint density at radius 1 is 1.19 bits per heavy atom. The third kappa shape index (κ3) is 5.12. The van der Waals surface area contributed by atoms with Gasteiger partial charge < -0.3 is 19.6 Å². The van der Waals surface area contributed by atoms with Crippen LogP contribution in [-0.2, 0) is 0 Å². The molecule has 1 fully saturated rings. The highest BCUT2D eigenvalue weighted by Gasteiger charge is 2.24. The van der Waals surface area contributed by atoms with Crippen LogP contribution in [-0.4, -0.2) is 50.5 Å². The average molecular weight is 394 g/mol. The summed E-state index contributed by atoms with van der Waals surface area (Å²) < 4.78 is 19.7. The largest absolute Gasteiger partial charge is 0.491 e. The summed E-state index contributed by atoms with van der Waals surface area (Å²) in [6.07, 6.45) is -0.545. The number of halogens is 2. The highest BCUT2D eigenvalue weighted by molar-refractivity contribution is 6.32. The zero-order chi connectivity index (χ0) is 19.4. The summed E-state index contributed by atoms with van der Waals surface area (Å²) in [5.41, 5.74) is 2.60. The Kier molecular flexibility index (Phi) is 6.58. The molecule has 0 aliphatic carbocycles. The number of para-hydroxylation sites is 1. The lowest BCUT2D eigenvalue weighted by molar-refractivity contribution is -0.903. The van der Waals surface area contributed by atoms with Crippen LogP contribution in [0.25, 0.3) is 0 Å². The fourth-order valence-corrected chi connectivity index (χ4v) is 3.66. The summed E-state index contributed by atoms with van der Waals surface area (Å²) in [7, 11) is 0. The number of nitrogens with one attached hydrogen (secondary N) is 1. The third-order valence-electron chi connectivity index (χ3n) is 5.04. The molecule has 0 bridgehead atoms. The summed E-state index contributed by atoms with van der Waals surface area (Å²) in [4.78, 5) is 3.38. The molecule has 27 heavy (non-hydrogen) atoms. The second kappa shape index (κ2) is 8.91. The number of quaternary nitrogens is 1. The molecule has 0 radical (unpaired) electrons. The molecule has 1 atom stereocenters. The van der Waals surface area contributed by atoms with E-state index in [9.17, 15) is 9.50 Å². The molecule has 146 valence electrons. The molecular formula is C21H27ClFN2O2+. The number of nitrogens with zero attached hydrogens (tertiary/aromatic N) is 1. The molecule has 2 aromatic carbocycles. The molecule has 0 saturated carbocycles. The number of rotatable bonds is 6. The normalized spacial score (nSPS) is 16.4. The standard InChI is InChI=1S/C21H26ClFN2O2/c1-15-11-18(12-16(2)21(15)22)27-14-17(26)13-24-7-9-25(10-8-24)20-6-4-3-5-19(20)23/h3-6,11-12,17,26H,7-10,13-14H2,1-2H3/p+1. The lowest BCUT2D eigenvalue weighted by Crippen LogP contribution is -3.16. The molecule has 6 heteroatoms. The molecular weight excluding hydrogens is 367 g/mol. The van der Waals surface area contributed by atoms with Crippen LogP contribution < -0.4 is 14.5 Å². The lowest BCUT2D eigenvalue weighted by atomic mass is 10.1. The van der Waals surface area contributed by atoms with Gasteiger partial charge in [0.15, 0.2) is 0 Å². The van der Waals surface area contributed by atoms with Crippen molar-refractivity contribution in [3.63, 3.8) is 0 Å². The highest BCUT2D eigenvalue weighted by Crippen LogP contribution is 2.25. The number of benzene rings is 2. The van der Waals surface area contributed by atoms with Crippen LogP contribution >= 0.6 is 11.6 Å². The quantitative estimate of drug-likeness (QED) is 0.790. The minimum absolute atomic E-state index is 0.178. The summed E-state index contributed by atoms with van der Waals surface area (Å²) >= 11 is 6.17. The molecule has 1 heterocycles. The van der Waals surface area contributed by atoms with E-state index in [-0.39, 0.29) is 12.4 Å². The zero-order valence-electron chi connectivity index (χ0n) is 15.8. The SMILES string of the molecule is Cc1cc(OCC(O)C[NH+]2CCN(c3ccccc3F)CC2)cc(C)c1Cl. The number of hydrogen-bond acceptors (Lipinski definition) is 3. The van der Waals surface area contributed by atoms with Crippen molar-refractivity contribution >= 4 is 17.3 Å². The van der Waals surface area contributed by atoms with Crippen LogP contribution in [0.15, 0.2) is 36.4 Å². The number of anilines is 1. The van der Waals surface area contributed by atoms with Crippen molar-refractivity contribution in [3.05, 3.63) is 58.4 Å². The Morgan fingerprint density at radius 3 is 2.44 bits per heavy atom. The van der Waals surface area contributed by atoms with Crippen molar-refractivity contribution in [3.8, 4) is 5.75 Å². The summed E-state index contributed by atoms with van der Waals surface area (Å²) in [6, 6.07) is 10.7. The van der Waals surface area contributed by atoms with Crippen LogP contribution in [0.3, 0.4) is 0 Å². The Morgan fingerprint density at radius 2 is 1.81 bits per heavy atom. The number of aliphatic hydroxyl groups is 1. The molecule has 2 aromatic rings. The fraction of sp³-hybridized carbons (Fsp3) is 0.429. The van der Waals surface area contributed by atoms with Gasteiger partial charge in [-0.25, -0.2) is 4.39 Å². The van der Waals surface area contributed by atoms with E-state index in [2.05, 4.69) is 4.90 Å². The van der Waals surface area contributed by atoms with Gasteiger partial charge in [-0.3, -0.25) is 0 Å². The Hall–Kier alpha value is -1.82. The molecule has 0 amide bonds. The monoisotopic (exact) mass is 393 g/mol. The first-order valence-corrected chi connectivity index (χ1v) is 9.72. The first-order valence-electron chi connectivity index (χ1n) is 9.34. The number of aryl methyl sites for hydroxylation is 2. The Bertz CT molecular complexity index is 756. The third-order valence-corrected chi connectivity index (χ3v) is 5.64. The van der Waals surface area contributed by atoms with Gasteiger partial charge in [-0.05, 0) is 49.2 Å². The zero-order valence-corrected chi connectivity index (χ0v) is 16.6. The van der Waals surface area contributed by atoms with E-state index in [0.717, 1.165) is 48.1 Å². The van der Waals surface area contributed by atoms with Gasteiger partial charge in [-0.15, -0.1) is 0 Å².